The van der Waals surface area contributed by atoms with Gasteiger partial charge < -0.3 is 9.84 Å². The van der Waals surface area contributed by atoms with Crippen LogP contribution < -0.4 is 10.4 Å². The second-order valence-electron chi connectivity index (χ2n) is 5.01. The summed E-state index contributed by atoms with van der Waals surface area (Å²) in [7, 11) is 0. The summed E-state index contributed by atoms with van der Waals surface area (Å²) in [6, 6.07) is 4.88. The van der Waals surface area contributed by atoms with Crippen LogP contribution in [0.2, 0.25) is 0 Å². The highest BCUT2D eigenvalue weighted by Gasteiger charge is 2.29. The molecular formula is C14H13N3O3. The Morgan fingerprint density at radius 3 is 2.80 bits per heavy atom. The minimum absolute atomic E-state index is 0.177. The summed E-state index contributed by atoms with van der Waals surface area (Å²) in [4.78, 5) is 19.8. The van der Waals surface area contributed by atoms with E-state index in [4.69, 9.17) is 4.74 Å². The van der Waals surface area contributed by atoms with E-state index in [1.54, 1.807) is 24.4 Å². The van der Waals surface area contributed by atoms with E-state index in [0.717, 1.165) is 4.57 Å². The number of rotatable bonds is 1. The van der Waals surface area contributed by atoms with Crippen molar-refractivity contribution in [1.29, 1.82) is 0 Å². The highest BCUT2D eigenvalue weighted by atomic mass is 16.5. The highest BCUT2D eigenvalue weighted by molar-refractivity contribution is 5.72. The van der Waals surface area contributed by atoms with Crippen LogP contribution in [0, 0.1) is 0 Å². The first-order valence-electron chi connectivity index (χ1n) is 6.13. The van der Waals surface area contributed by atoms with Gasteiger partial charge >= 0.3 is 5.69 Å². The van der Waals surface area contributed by atoms with E-state index in [2.05, 4.69) is 9.97 Å². The molecule has 0 atom stereocenters. The number of hydrogen-bond donors (Lipinski definition) is 1. The molecule has 0 spiro atoms. The van der Waals surface area contributed by atoms with Crippen LogP contribution in [0.1, 0.15) is 19.4 Å². The minimum Gasteiger partial charge on any atom is -0.494 e. The van der Waals surface area contributed by atoms with E-state index in [9.17, 15) is 9.90 Å². The SMILES string of the molecule is CC1(C)C=C(n2c(O)ccnc2=O)c2cccnc2O1. The molecule has 1 aliphatic rings. The molecule has 0 aromatic carbocycles. The van der Waals surface area contributed by atoms with E-state index in [0.29, 0.717) is 17.1 Å². The van der Waals surface area contributed by atoms with Gasteiger partial charge in [0.05, 0.1) is 11.3 Å². The summed E-state index contributed by atoms with van der Waals surface area (Å²) in [5.41, 5.74) is -0.0424. The van der Waals surface area contributed by atoms with Gasteiger partial charge in [0.2, 0.25) is 11.8 Å². The highest BCUT2D eigenvalue weighted by Crippen LogP contribution is 2.35. The number of hydrogen-bond acceptors (Lipinski definition) is 5. The third-order valence-corrected chi connectivity index (χ3v) is 2.96. The molecule has 3 rings (SSSR count). The predicted octanol–water partition coefficient (Wildman–Crippen LogP) is 1.40. The van der Waals surface area contributed by atoms with E-state index < -0.39 is 11.3 Å². The number of nitrogens with zero attached hydrogens (tertiary/aromatic N) is 3. The third kappa shape index (κ3) is 1.95. The molecule has 0 unspecified atom stereocenters. The van der Waals surface area contributed by atoms with E-state index in [1.807, 2.05) is 13.8 Å². The lowest BCUT2D eigenvalue weighted by molar-refractivity contribution is 0.149. The monoisotopic (exact) mass is 271 g/mol. The zero-order chi connectivity index (χ0) is 14.3. The van der Waals surface area contributed by atoms with Gasteiger partial charge in [0.1, 0.15) is 5.60 Å². The van der Waals surface area contributed by atoms with Crippen LogP contribution in [-0.2, 0) is 0 Å². The molecule has 2 aromatic heterocycles. The van der Waals surface area contributed by atoms with Crippen LogP contribution in [0.4, 0.5) is 0 Å². The molecule has 2 aromatic rings. The molecule has 102 valence electrons. The summed E-state index contributed by atoms with van der Waals surface area (Å²) in [6.45, 7) is 3.70. The van der Waals surface area contributed by atoms with Crippen molar-refractivity contribution >= 4 is 5.70 Å². The number of ether oxygens (including phenoxy) is 1. The van der Waals surface area contributed by atoms with E-state index in [-0.39, 0.29) is 5.88 Å². The number of pyridine rings is 1. The molecular weight excluding hydrogens is 258 g/mol. The first-order valence-corrected chi connectivity index (χ1v) is 6.13. The maximum absolute atomic E-state index is 11.9. The molecule has 20 heavy (non-hydrogen) atoms. The minimum atomic E-state index is -0.640. The Hall–Kier alpha value is -2.63. The lowest BCUT2D eigenvalue weighted by atomic mass is 10.0. The second kappa shape index (κ2) is 4.19. The molecule has 0 bridgehead atoms. The zero-order valence-electron chi connectivity index (χ0n) is 11.1. The molecule has 3 heterocycles. The Balaban J connectivity index is 2.31. The lowest BCUT2D eigenvalue weighted by Gasteiger charge is -2.30. The van der Waals surface area contributed by atoms with Crippen LogP contribution in [0.3, 0.4) is 0 Å². The van der Waals surface area contributed by atoms with Crippen molar-refractivity contribution in [3.63, 3.8) is 0 Å². The maximum Gasteiger partial charge on any atom is 0.354 e. The molecule has 0 radical (unpaired) electrons. The van der Waals surface area contributed by atoms with Crippen LogP contribution >= 0.6 is 0 Å². The van der Waals surface area contributed by atoms with Crippen LogP contribution in [0.15, 0.2) is 41.5 Å². The van der Waals surface area contributed by atoms with Crippen LogP contribution in [0.25, 0.3) is 5.70 Å². The quantitative estimate of drug-likeness (QED) is 0.848. The normalized spacial score (nSPS) is 16.0. The molecule has 6 heteroatoms. The van der Waals surface area contributed by atoms with Crippen molar-refractivity contribution in [2.75, 3.05) is 0 Å². The van der Waals surface area contributed by atoms with Gasteiger partial charge in [0.25, 0.3) is 0 Å². The van der Waals surface area contributed by atoms with Gasteiger partial charge in [0.15, 0.2) is 0 Å². The summed E-state index contributed by atoms with van der Waals surface area (Å²) in [6.07, 6.45) is 4.65. The van der Waals surface area contributed by atoms with Crippen molar-refractivity contribution in [2.45, 2.75) is 19.4 Å². The average Bonchev–Trinajstić information content (AvgIpc) is 2.37. The summed E-state index contributed by atoms with van der Waals surface area (Å²) in [5.74, 6) is 0.244. The smallest absolute Gasteiger partial charge is 0.354 e. The second-order valence-corrected chi connectivity index (χ2v) is 5.01. The first-order chi connectivity index (χ1) is 9.48. The molecule has 0 fully saturated rings. The number of aromatic hydroxyl groups is 1. The Bertz CT molecular complexity index is 762. The fourth-order valence-corrected chi connectivity index (χ4v) is 2.16. The molecule has 1 aliphatic heterocycles. The molecule has 0 amide bonds. The zero-order valence-corrected chi connectivity index (χ0v) is 11.1. The van der Waals surface area contributed by atoms with Gasteiger partial charge in [-0.15, -0.1) is 0 Å². The fraction of sp³-hybridized carbons (Fsp3) is 0.214. The standard InChI is InChI=1S/C14H13N3O3/c1-14(2)8-10(9-4-3-6-15-12(9)20-14)17-11(18)5-7-16-13(17)19/h3-8,18H,1-2H3. The first kappa shape index (κ1) is 12.4. The van der Waals surface area contributed by atoms with E-state index >= 15 is 0 Å². The fourth-order valence-electron chi connectivity index (χ4n) is 2.16. The van der Waals surface area contributed by atoms with Gasteiger partial charge in [-0.1, -0.05) is 0 Å². The number of aromatic nitrogens is 3. The summed E-state index contributed by atoms with van der Waals surface area (Å²) >= 11 is 0. The number of fused-ring (bicyclic) bond motifs is 1. The topological polar surface area (TPSA) is 77.2 Å². The average molecular weight is 271 g/mol. The summed E-state index contributed by atoms with van der Waals surface area (Å²) < 4.78 is 6.89. The molecule has 0 aliphatic carbocycles. The van der Waals surface area contributed by atoms with Crippen molar-refractivity contribution in [2.24, 2.45) is 0 Å². The van der Waals surface area contributed by atoms with Crippen molar-refractivity contribution in [3.8, 4) is 11.8 Å². The van der Waals surface area contributed by atoms with Crippen molar-refractivity contribution in [1.82, 2.24) is 14.5 Å². The molecule has 0 saturated carbocycles. The molecule has 1 N–H and O–H groups in total. The Labute approximate surface area is 115 Å². The Kier molecular flexibility index (Phi) is 2.60. The predicted molar refractivity (Wildman–Crippen MR) is 72.5 cm³/mol. The summed E-state index contributed by atoms with van der Waals surface area (Å²) in [5, 5.41) is 9.96. The third-order valence-electron chi connectivity index (χ3n) is 2.96. The van der Waals surface area contributed by atoms with Gasteiger partial charge in [-0.05, 0) is 32.1 Å². The van der Waals surface area contributed by atoms with Crippen LogP contribution in [0.5, 0.6) is 11.8 Å². The van der Waals surface area contributed by atoms with Crippen molar-refractivity contribution < 1.29 is 9.84 Å². The van der Waals surface area contributed by atoms with Crippen molar-refractivity contribution in [3.05, 3.63) is 52.7 Å². The van der Waals surface area contributed by atoms with Gasteiger partial charge in [-0.25, -0.2) is 19.3 Å². The van der Waals surface area contributed by atoms with Gasteiger partial charge in [-0.2, -0.15) is 0 Å². The van der Waals surface area contributed by atoms with E-state index in [1.165, 1.54) is 12.3 Å². The van der Waals surface area contributed by atoms with Crippen LogP contribution in [-0.4, -0.2) is 25.2 Å². The van der Waals surface area contributed by atoms with Gasteiger partial charge in [-0.3, -0.25) is 0 Å². The maximum atomic E-state index is 11.9. The largest absolute Gasteiger partial charge is 0.494 e. The van der Waals surface area contributed by atoms with Gasteiger partial charge in [0, 0.05) is 18.5 Å². The molecule has 6 nitrogen and oxygen atoms in total. The Morgan fingerprint density at radius 1 is 1.25 bits per heavy atom. The Morgan fingerprint density at radius 2 is 2.05 bits per heavy atom. The lowest BCUT2D eigenvalue weighted by Crippen LogP contribution is -2.33. The molecule has 0 saturated heterocycles.